The van der Waals surface area contributed by atoms with Crippen LogP contribution in [-0.4, -0.2) is 39.0 Å². The van der Waals surface area contributed by atoms with Crippen LogP contribution in [0.5, 0.6) is 11.5 Å². The van der Waals surface area contributed by atoms with Crippen LogP contribution in [0.3, 0.4) is 0 Å². The van der Waals surface area contributed by atoms with Crippen LogP contribution in [0.25, 0.3) is 11.4 Å². The second kappa shape index (κ2) is 7.63. The van der Waals surface area contributed by atoms with Crippen LogP contribution in [0.1, 0.15) is 23.0 Å². The highest BCUT2D eigenvalue weighted by Gasteiger charge is 2.21. The average molecular weight is 414 g/mol. The number of Topliss-reactive ketones (excluding diaryl/α,β-unsaturated/α-hetero) is 1. The Balaban J connectivity index is 1.46. The lowest BCUT2D eigenvalue weighted by Crippen LogP contribution is -2.16. The summed E-state index contributed by atoms with van der Waals surface area (Å²) in [4.78, 5) is 24.4. The van der Waals surface area contributed by atoms with Crippen molar-refractivity contribution in [2.75, 3.05) is 17.9 Å². The SMILES string of the molecule is CC(=O)c1cc2c(cc1NC(=O)CSc1nnc(-c3ccoc3C)n1C)OCO2. The minimum atomic E-state index is -0.277. The molecule has 1 aromatic carbocycles. The number of amides is 1. The number of ether oxygens (including phenoxy) is 2. The number of carbonyl (C=O) groups is 2. The van der Waals surface area contributed by atoms with Crippen molar-refractivity contribution in [3.8, 4) is 22.9 Å². The van der Waals surface area contributed by atoms with Crippen molar-refractivity contribution in [1.82, 2.24) is 14.8 Å². The van der Waals surface area contributed by atoms with Gasteiger partial charge in [-0.3, -0.25) is 9.59 Å². The number of fused-ring (bicyclic) bond motifs is 1. The van der Waals surface area contributed by atoms with E-state index in [2.05, 4.69) is 15.5 Å². The molecule has 1 N–H and O–H groups in total. The molecule has 1 amide bonds. The van der Waals surface area contributed by atoms with E-state index in [1.807, 2.05) is 20.0 Å². The molecule has 0 spiro atoms. The molecule has 3 aromatic rings. The van der Waals surface area contributed by atoms with E-state index >= 15 is 0 Å². The minimum Gasteiger partial charge on any atom is -0.469 e. The predicted molar refractivity (Wildman–Crippen MR) is 105 cm³/mol. The first-order valence-corrected chi connectivity index (χ1v) is 9.73. The lowest BCUT2D eigenvalue weighted by atomic mass is 10.1. The standard InChI is InChI=1S/C19H18N4O5S/c1-10(24)13-6-15-16(28-9-27-15)7-14(13)20-17(25)8-29-19-22-21-18(23(19)3)12-4-5-26-11(12)2/h4-7H,8-9H2,1-3H3,(H,20,25). The molecule has 0 bridgehead atoms. The van der Waals surface area contributed by atoms with Gasteiger partial charge in [-0.15, -0.1) is 10.2 Å². The van der Waals surface area contributed by atoms with Gasteiger partial charge in [-0.25, -0.2) is 0 Å². The lowest BCUT2D eigenvalue weighted by Gasteiger charge is -2.10. The molecule has 0 fully saturated rings. The van der Waals surface area contributed by atoms with Crippen molar-refractivity contribution in [2.45, 2.75) is 19.0 Å². The summed E-state index contributed by atoms with van der Waals surface area (Å²) in [5, 5.41) is 11.7. The second-order valence-electron chi connectivity index (χ2n) is 6.40. The first-order chi connectivity index (χ1) is 13.9. The van der Waals surface area contributed by atoms with E-state index in [4.69, 9.17) is 13.9 Å². The van der Waals surface area contributed by atoms with Crippen LogP contribution in [-0.2, 0) is 11.8 Å². The largest absolute Gasteiger partial charge is 0.469 e. The number of hydrogen-bond acceptors (Lipinski definition) is 8. The second-order valence-corrected chi connectivity index (χ2v) is 7.34. The maximum atomic E-state index is 12.5. The van der Waals surface area contributed by atoms with Crippen LogP contribution < -0.4 is 14.8 Å². The average Bonchev–Trinajstić information content (AvgIpc) is 3.39. The van der Waals surface area contributed by atoms with E-state index in [-0.39, 0.29) is 24.2 Å². The molecule has 0 saturated carbocycles. The van der Waals surface area contributed by atoms with Gasteiger partial charge in [0.25, 0.3) is 0 Å². The zero-order valence-corrected chi connectivity index (χ0v) is 16.8. The van der Waals surface area contributed by atoms with Gasteiger partial charge in [0.1, 0.15) is 5.76 Å². The molecule has 150 valence electrons. The number of anilines is 1. The normalized spacial score (nSPS) is 12.2. The highest BCUT2D eigenvalue weighted by molar-refractivity contribution is 7.99. The summed E-state index contributed by atoms with van der Waals surface area (Å²) >= 11 is 1.24. The van der Waals surface area contributed by atoms with Crippen molar-refractivity contribution in [3.05, 3.63) is 35.8 Å². The smallest absolute Gasteiger partial charge is 0.234 e. The number of aryl methyl sites for hydroxylation is 1. The molecule has 29 heavy (non-hydrogen) atoms. The fourth-order valence-electron chi connectivity index (χ4n) is 2.95. The highest BCUT2D eigenvalue weighted by atomic mass is 32.2. The minimum absolute atomic E-state index is 0.0879. The molecular weight excluding hydrogens is 396 g/mol. The van der Waals surface area contributed by atoms with Crippen molar-refractivity contribution in [2.24, 2.45) is 7.05 Å². The highest BCUT2D eigenvalue weighted by Crippen LogP contribution is 2.37. The van der Waals surface area contributed by atoms with Gasteiger partial charge in [-0.1, -0.05) is 11.8 Å². The third-order valence-corrected chi connectivity index (χ3v) is 5.45. The molecule has 4 rings (SSSR count). The van der Waals surface area contributed by atoms with E-state index in [0.717, 1.165) is 11.3 Å². The van der Waals surface area contributed by atoms with Gasteiger partial charge in [-0.05, 0) is 26.0 Å². The number of thioether (sulfide) groups is 1. The lowest BCUT2D eigenvalue weighted by molar-refractivity contribution is -0.113. The molecule has 0 unspecified atom stereocenters. The zero-order chi connectivity index (χ0) is 20.5. The molecule has 0 atom stereocenters. The molecule has 0 saturated heterocycles. The van der Waals surface area contributed by atoms with Gasteiger partial charge < -0.3 is 23.8 Å². The topological polar surface area (TPSA) is 108 Å². The Morgan fingerprint density at radius 3 is 2.69 bits per heavy atom. The summed E-state index contributed by atoms with van der Waals surface area (Å²) in [6.45, 7) is 3.37. The third-order valence-electron chi connectivity index (χ3n) is 4.43. The molecule has 9 nitrogen and oxygen atoms in total. The summed E-state index contributed by atoms with van der Waals surface area (Å²) in [6.07, 6.45) is 1.59. The van der Waals surface area contributed by atoms with Gasteiger partial charge >= 0.3 is 0 Å². The molecular formula is C19H18N4O5S. The number of ketones is 1. The Morgan fingerprint density at radius 1 is 1.24 bits per heavy atom. The first kappa shape index (κ1) is 19.1. The third kappa shape index (κ3) is 3.70. The summed E-state index contributed by atoms with van der Waals surface area (Å²) in [7, 11) is 1.83. The number of aromatic nitrogens is 3. The fourth-order valence-corrected chi connectivity index (χ4v) is 3.66. The number of benzene rings is 1. The molecule has 10 heteroatoms. The number of nitrogens with zero attached hydrogens (tertiary/aromatic N) is 3. The molecule has 0 aliphatic carbocycles. The van der Waals surface area contributed by atoms with Crippen LogP contribution in [0.15, 0.2) is 34.0 Å². The van der Waals surface area contributed by atoms with E-state index in [0.29, 0.717) is 33.7 Å². The van der Waals surface area contributed by atoms with Gasteiger partial charge in [0.05, 0.1) is 23.3 Å². The Morgan fingerprint density at radius 2 is 2.00 bits per heavy atom. The Bertz CT molecular complexity index is 1100. The Labute approximate surface area is 170 Å². The Hall–Kier alpha value is -3.27. The fraction of sp³-hybridized carbons (Fsp3) is 0.263. The molecule has 2 aromatic heterocycles. The van der Waals surface area contributed by atoms with E-state index < -0.39 is 0 Å². The van der Waals surface area contributed by atoms with Crippen molar-refractivity contribution in [1.29, 1.82) is 0 Å². The Kier molecular flexibility index (Phi) is 5.01. The molecule has 3 heterocycles. The summed E-state index contributed by atoms with van der Waals surface area (Å²) < 4.78 is 17.7. The van der Waals surface area contributed by atoms with Gasteiger partial charge in [-0.2, -0.15) is 0 Å². The number of hydrogen-bond donors (Lipinski definition) is 1. The van der Waals surface area contributed by atoms with Crippen molar-refractivity contribution in [3.63, 3.8) is 0 Å². The van der Waals surface area contributed by atoms with Crippen LogP contribution in [0.2, 0.25) is 0 Å². The predicted octanol–water partition coefficient (Wildman–Crippen LogP) is 3.05. The molecule has 0 radical (unpaired) electrons. The van der Waals surface area contributed by atoms with Crippen LogP contribution >= 0.6 is 11.8 Å². The van der Waals surface area contributed by atoms with Gasteiger partial charge in [0.15, 0.2) is 28.3 Å². The summed E-state index contributed by atoms with van der Waals surface area (Å²) in [5.41, 5.74) is 1.60. The van der Waals surface area contributed by atoms with Crippen LogP contribution in [0, 0.1) is 6.92 Å². The molecule has 1 aliphatic rings. The first-order valence-electron chi connectivity index (χ1n) is 8.75. The quantitative estimate of drug-likeness (QED) is 0.484. The van der Waals surface area contributed by atoms with Gasteiger partial charge in [0.2, 0.25) is 12.7 Å². The maximum Gasteiger partial charge on any atom is 0.234 e. The van der Waals surface area contributed by atoms with E-state index in [1.54, 1.807) is 23.0 Å². The van der Waals surface area contributed by atoms with E-state index in [1.165, 1.54) is 18.7 Å². The summed E-state index contributed by atoms with van der Waals surface area (Å²) in [5.74, 6) is 2.03. The van der Waals surface area contributed by atoms with Gasteiger partial charge in [0, 0.05) is 18.7 Å². The zero-order valence-electron chi connectivity index (χ0n) is 16.0. The molecule has 1 aliphatic heterocycles. The summed E-state index contributed by atoms with van der Waals surface area (Å²) in [6, 6.07) is 5.00. The van der Waals surface area contributed by atoms with Crippen molar-refractivity contribution >= 4 is 29.1 Å². The number of rotatable bonds is 6. The number of nitrogens with one attached hydrogen (secondary N) is 1. The number of furan rings is 1. The monoisotopic (exact) mass is 414 g/mol. The van der Waals surface area contributed by atoms with Crippen LogP contribution in [0.4, 0.5) is 5.69 Å². The van der Waals surface area contributed by atoms with E-state index in [9.17, 15) is 9.59 Å². The number of carbonyl (C=O) groups excluding carboxylic acids is 2. The maximum absolute atomic E-state index is 12.5. The van der Waals surface area contributed by atoms with Crippen molar-refractivity contribution < 1.29 is 23.5 Å².